The van der Waals surface area contributed by atoms with Crippen molar-refractivity contribution in [2.24, 2.45) is 5.92 Å². The third-order valence-corrected chi connectivity index (χ3v) is 5.50. The molecule has 1 saturated heterocycles. The summed E-state index contributed by atoms with van der Waals surface area (Å²) in [7, 11) is 6.17. The molecule has 7 heteroatoms. The maximum absolute atomic E-state index is 13.2. The number of aromatic hydroxyl groups is 1. The SMILES string of the molecule is COc1ccc(C(=O)[C@H]2CCCN(Cc3cc(OC)c(O)c(OC)c3)C2)c(OC)c1. The number of carbonyl (C=O) groups excluding carboxylic acids is 1. The number of ketones is 1. The molecule has 0 amide bonds. The van der Waals surface area contributed by atoms with Crippen molar-refractivity contribution in [3.63, 3.8) is 0 Å². The van der Waals surface area contributed by atoms with Gasteiger partial charge in [0.25, 0.3) is 0 Å². The van der Waals surface area contributed by atoms with Crippen molar-refractivity contribution in [2.45, 2.75) is 19.4 Å². The number of likely N-dealkylation sites (tertiary alicyclic amines) is 1. The average molecular weight is 415 g/mol. The number of rotatable bonds is 8. The molecule has 0 aromatic heterocycles. The molecule has 1 N–H and O–H groups in total. The minimum atomic E-state index is -0.109. The molecule has 0 radical (unpaired) electrons. The number of hydrogen-bond donors (Lipinski definition) is 1. The smallest absolute Gasteiger partial charge is 0.200 e. The minimum Gasteiger partial charge on any atom is -0.502 e. The number of Topliss-reactive ketones (excluding diaryl/α,β-unsaturated/α-hetero) is 1. The van der Waals surface area contributed by atoms with Gasteiger partial charge in [0.2, 0.25) is 5.75 Å². The van der Waals surface area contributed by atoms with Crippen LogP contribution < -0.4 is 18.9 Å². The van der Waals surface area contributed by atoms with Gasteiger partial charge in [-0.25, -0.2) is 0 Å². The van der Waals surface area contributed by atoms with Gasteiger partial charge in [0, 0.05) is 25.1 Å². The van der Waals surface area contributed by atoms with Gasteiger partial charge in [0.15, 0.2) is 17.3 Å². The minimum absolute atomic E-state index is 0.0120. The molecule has 1 aliphatic heterocycles. The van der Waals surface area contributed by atoms with Crippen molar-refractivity contribution < 1.29 is 28.8 Å². The predicted octanol–water partition coefficient (Wildman–Crippen LogP) is 3.52. The Kier molecular flexibility index (Phi) is 7.05. The molecule has 1 fully saturated rings. The molecule has 2 aromatic carbocycles. The summed E-state index contributed by atoms with van der Waals surface area (Å²) >= 11 is 0. The number of methoxy groups -OCH3 is 4. The second-order valence-electron chi connectivity index (χ2n) is 7.35. The monoisotopic (exact) mass is 415 g/mol. The first-order valence-electron chi connectivity index (χ1n) is 9.93. The number of hydrogen-bond acceptors (Lipinski definition) is 7. The van der Waals surface area contributed by atoms with E-state index in [2.05, 4.69) is 4.90 Å². The molecule has 0 saturated carbocycles. The summed E-state index contributed by atoms with van der Waals surface area (Å²) in [5, 5.41) is 10.1. The summed E-state index contributed by atoms with van der Waals surface area (Å²) in [5.41, 5.74) is 1.54. The van der Waals surface area contributed by atoms with Gasteiger partial charge in [0.05, 0.1) is 34.0 Å². The third kappa shape index (κ3) is 4.62. The molecule has 0 bridgehead atoms. The molecule has 1 aliphatic rings. The summed E-state index contributed by atoms with van der Waals surface area (Å²) in [5.74, 6) is 1.89. The molecule has 3 rings (SSSR count). The van der Waals surface area contributed by atoms with Crippen molar-refractivity contribution in [1.29, 1.82) is 0 Å². The highest BCUT2D eigenvalue weighted by molar-refractivity contribution is 6.00. The van der Waals surface area contributed by atoms with E-state index in [0.717, 1.165) is 24.9 Å². The van der Waals surface area contributed by atoms with E-state index in [9.17, 15) is 9.90 Å². The van der Waals surface area contributed by atoms with Crippen LogP contribution in [0.25, 0.3) is 0 Å². The van der Waals surface area contributed by atoms with E-state index in [0.29, 0.717) is 41.7 Å². The number of piperidine rings is 1. The Labute approximate surface area is 177 Å². The zero-order valence-corrected chi connectivity index (χ0v) is 17.9. The Hall–Kier alpha value is -2.93. The van der Waals surface area contributed by atoms with Gasteiger partial charge in [-0.1, -0.05) is 0 Å². The van der Waals surface area contributed by atoms with Crippen LogP contribution in [0.3, 0.4) is 0 Å². The van der Waals surface area contributed by atoms with Gasteiger partial charge in [-0.15, -0.1) is 0 Å². The van der Waals surface area contributed by atoms with Crippen molar-refractivity contribution in [3.8, 4) is 28.7 Å². The fraction of sp³-hybridized carbons (Fsp3) is 0.435. The Morgan fingerprint density at radius 2 is 1.67 bits per heavy atom. The molecule has 2 aromatic rings. The van der Waals surface area contributed by atoms with Crippen molar-refractivity contribution >= 4 is 5.78 Å². The van der Waals surface area contributed by atoms with Gasteiger partial charge in [-0.05, 0) is 49.2 Å². The lowest BCUT2D eigenvalue weighted by Gasteiger charge is -2.32. The molecular formula is C23H29NO6. The Bertz CT molecular complexity index is 872. The number of phenols is 1. The standard InChI is InChI=1S/C23H29NO6/c1-27-17-7-8-18(19(12-17)28-2)22(25)16-6-5-9-24(14-16)13-15-10-20(29-3)23(26)21(11-15)30-4/h7-8,10-12,16,26H,5-6,9,13-14H2,1-4H3/t16-/m0/s1. The van der Waals surface area contributed by atoms with Crippen molar-refractivity contribution in [1.82, 2.24) is 4.90 Å². The number of ether oxygens (including phenoxy) is 4. The Morgan fingerprint density at radius 3 is 2.27 bits per heavy atom. The fourth-order valence-corrected chi connectivity index (χ4v) is 3.93. The largest absolute Gasteiger partial charge is 0.502 e. The number of benzene rings is 2. The lowest BCUT2D eigenvalue weighted by Crippen LogP contribution is -2.38. The average Bonchev–Trinajstić information content (AvgIpc) is 2.79. The van der Waals surface area contributed by atoms with Crippen LogP contribution in [0.15, 0.2) is 30.3 Å². The van der Waals surface area contributed by atoms with Gasteiger partial charge < -0.3 is 24.1 Å². The topological polar surface area (TPSA) is 77.5 Å². The van der Waals surface area contributed by atoms with Crippen LogP contribution in [0.5, 0.6) is 28.7 Å². The van der Waals surface area contributed by atoms with E-state index in [1.165, 1.54) is 14.2 Å². The summed E-state index contributed by atoms with van der Waals surface area (Å²) < 4.78 is 21.2. The summed E-state index contributed by atoms with van der Waals surface area (Å²) in [6.45, 7) is 2.19. The quantitative estimate of drug-likeness (QED) is 0.661. The highest BCUT2D eigenvalue weighted by atomic mass is 16.5. The Morgan fingerprint density at radius 1 is 1.00 bits per heavy atom. The third-order valence-electron chi connectivity index (χ3n) is 5.50. The second-order valence-corrected chi connectivity index (χ2v) is 7.35. The van der Waals surface area contributed by atoms with E-state index in [1.54, 1.807) is 44.6 Å². The van der Waals surface area contributed by atoms with Crippen LogP contribution in [-0.4, -0.2) is 57.3 Å². The van der Waals surface area contributed by atoms with Crippen LogP contribution in [0.4, 0.5) is 0 Å². The van der Waals surface area contributed by atoms with Crippen LogP contribution in [0.1, 0.15) is 28.8 Å². The molecule has 0 spiro atoms. The highest BCUT2D eigenvalue weighted by Gasteiger charge is 2.29. The lowest BCUT2D eigenvalue weighted by molar-refractivity contribution is 0.0808. The van der Waals surface area contributed by atoms with Gasteiger partial charge in [-0.3, -0.25) is 9.69 Å². The number of nitrogens with zero attached hydrogens (tertiary/aromatic N) is 1. The van der Waals surface area contributed by atoms with Crippen LogP contribution in [0, 0.1) is 5.92 Å². The highest BCUT2D eigenvalue weighted by Crippen LogP contribution is 2.38. The van der Waals surface area contributed by atoms with E-state index >= 15 is 0 Å². The zero-order chi connectivity index (χ0) is 21.7. The normalized spacial score (nSPS) is 16.7. The van der Waals surface area contributed by atoms with Gasteiger partial charge >= 0.3 is 0 Å². The molecule has 30 heavy (non-hydrogen) atoms. The Balaban J connectivity index is 1.75. The molecule has 0 unspecified atom stereocenters. The second kappa shape index (κ2) is 9.71. The van der Waals surface area contributed by atoms with E-state index in [1.807, 2.05) is 0 Å². The van der Waals surface area contributed by atoms with Crippen LogP contribution >= 0.6 is 0 Å². The first kappa shape index (κ1) is 21.8. The first-order valence-corrected chi connectivity index (χ1v) is 9.93. The van der Waals surface area contributed by atoms with Crippen molar-refractivity contribution in [3.05, 3.63) is 41.5 Å². The molecule has 7 nitrogen and oxygen atoms in total. The molecule has 1 atom stereocenters. The zero-order valence-electron chi connectivity index (χ0n) is 17.9. The summed E-state index contributed by atoms with van der Waals surface area (Å²) in [6.07, 6.45) is 1.77. The maximum atomic E-state index is 13.2. The molecular weight excluding hydrogens is 386 g/mol. The van der Waals surface area contributed by atoms with Crippen LogP contribution in [-0.2, 0) is 6.54 Å². The maximum Gasteiger partial charge on any atom is 0.200 e. The summed E-state index contributed by atoms with van der Waals surface area (Å²) in [4.78, 5) is 15.4. The van der Waals surface area contributed by atoms with Crippen molar-refractivity contribution in [2.75, 3.05) is 41.5 Å². The van der Waals surface area contributed by atoms with E-state index < -0.39 is 0 Å². The summed E-state index contributed by atoms with van der Waals surface area (Å²) in [6, 6.07) is 8.90. The van der Waals surface area contributed by atoms with Crippen LogP contribution in [0.2, 0.25) is 0 Å². The van der Waals surface area contributed by atoms with Gasteiger partial charge in [-0.2, -0.15) is 0 Å². The van der Waals surface area contributed by atoms with Gasteiger partial charge in [0.1, 0.15) is 11.5 Å². The lowest BCUT2D eigenvalue weighted by atomic mass is 9.89. The number of carbonyl (C=O) groups is 1. The first-order chi connectivity index (χ1) is 14.5. The van der Waals surface area contributed by atoms with E-state index in [4.69, 9.17) is 18.9 Å². The fourth-order valence-electron chi connectivity index (χ4n) is 3.93. The molecule has 1 heterocycles. The predicted molar refractivity (Wildman–Crippen MR) is 113 cm³/mol. The molecule has 162 valence electrons. The number of phenolic OH excluding ortho intramolecular Hbond substituents is 1. The van der Waals surface area contributed by atoms with E-state index in [-0.39, 0.29) is 17.5 Å². The molecule has 0 aliphatic carbocycles.